The first kappa shape index (κ1) is 18.4. The Balaban J connectivity index is 1.56. The predicted octanol–water partition coefficient (Wildman–Crippen LogP) is 2.97. The lowest BCUT2D eigenvalue weighted by Crippen LogP contribution is -2.40. The van der Waals surface area contributed by atoms with Crippen molar-refractivity contribution in [3.63, 3.8) is 0 Å². The third-order valence-corrected chi connectivity index (χ3v) is 4.52. The molecule has 0 atom stereocenters. The highest BCUT2D eigenvalue weighted by Crippen LogP contribution is 2.15. The van der Waals surface area contributed by atoms with Gasteiger partial charge in [-0.05, 0) is 42.5 Å². The minimum atomic E-state index is -0.177. The van der Waals surface area contributed by atoms with Crippen LogP contribution in [0, 0.1) is 0 Å². The van der Waals surface area contributed by atoms with Crippen LogP contribution in [0.5, 0.6) is 0 Å². The largest absolute Gasteiger partial charge is 0.378 e. The predicted molar refractivity (Wildman–Crippen MR) is 104 cm³/mol. The van der Waals surface area contributed by atoms with Crippen LogP contribution in [0.1, 0.15) is 10.4 Å². The van der Waals surface area contributed by atoms with Gasteiger partial charge in [0.1, 0.15) is 0 Å². The number of nitrogens with one attached hydrogen (secondary N) is 2. The van der Waals surface area contributed by atoms with E-state index in [4.69, 9.17) is 4.74 Å². The molecule has 0 saturated carbocycles. The minimum Gasteiger partial charge on any atom is -0.378 e. The normalized spacial score (nSPS) is 14.0. The van der Waals surface area contributed by atoms with Gasteiger partial charge >= 0.3 is 0 Å². The maximum absolute atomic E-state index is 12.5. The number of benzene rings is 2. The Morgan fingerprint density at radius 2 is 1.77 bits per heavy atom. The highest BCUT2D eigenvalue weighted by Gasteiger charge is 2.18. The molecule has 136 valence electrons. The molecule has 1 saturated heterocycles. The van der Waals surface area contributed by atoms with Gasteiger partial charge in [-0.1, -0.05) is 22.0 Å². The van der Waals surface area contributed by atoms with Gasteiger partial charge < -0.3 is 20.3 Å². The zero-order valence-corrected chi connectivity index (χ0v) is 15.8. The second-order valence-electron chi connectivity index (χ2n) is 5.89. The van der Waals surface area contributed by atoms with Crippen LogP contribution in [0.3, 0.4) is 0 Å². The molecular weight excluding hydrogens is 398 g/mol. The van der Waals surface area contributed by atoms with E-state index in [9.17, 15) is 9.59 Å². The Kier molecular flexibility index (Phi) is 6.25. The Hall–Kier alpha value is -2.38. The quantitative estimate of drug-likeness (QED) is 0.784. The van der Waals surface area contributed by atoms with Crippen molar-refractivity contribution in [3.8, 4) is 0 Å². The fourth-order valence-corrected chi connectivity index (χ4v) is 2.90. The monoisotopic (exact) mass is 417 g/mol. The van der Waals surface area contributed by atoms with Crippen molar-refractivity contribution >= 4 is 39.1 Å². The summed E-state index contributed by atoms with van der Waals surface area (Å²) >= 11 is 3.37. The summed E-state index contributed by atoms with van der Waals surface area (Å²) in [6, 6.07) is 14.6. The molecule has 2 aromatic rings. The third kappa shape index (κ3) is 5.06. The number of hydrogen-bond acceptors (Lipinski definition) is 4. The molecule has 2 aromatic carbocycles. The molecule has 1 aliphatic rings. The van der Waals surface area contributed by atoms with Gasteiger partial charge in [-0.2, -0.15) is 0 Å². The number of carbonyl (C=O) groups is 2. The minimum absolute atomic E-state index is 0.0441. The molecule has 3 rings (SSSR count). The molecule has 0 aromatic heterocycles. The lowest BCUT2D eigenvalue weighted by molar-refractivity contribution is -0.114. The van der Waals surface area contributed by atoms with E-state index >= 15 is 0 Å². The Morgan fingerprint density at radius 1 is 1.04 bits per heavy atom. The van der Waals surface area contributed by atoms with Crippen LogP contribution in [0.15, 0.2) is 53.0 Å². The van der Waals surface area contributed by atoms with Gasteiger partial charge in [-0.15, -0.1) is 0 Å². The topological polar surface area (TPSA) is 70.7 Å². The van der Waals surface area contributed by atoms with Crippen LogP contribution in [0.25, 0.3) is 0 Å². The first-order chi connectivity index (χ1) is 12.6. The van der Waals surface area contributed by atoms with Crippen molar-refractivity contribution in [2.45, 2.75) is 0 Å². The Morgan fingerprint density at radius 3 is 2.50 bits per heavy atom. The average Bonchev–Trinajstić information content (AvgIpc) is 2.68. The van der Waals surface area contributed by atoms with Gasteiger partial charge in [-0.3, -0.25) is 9.59 Å². The van der Waals surface area contributed by atoms with Gasteiger partial charge in [0.05, 0.1) is 19.8 Å². The molecule has 1 fully saturated rings. The van der Waals surface area contributed by atoms with Crippen molar-refractivity contribution in [1.29, 1.82) is 0 Å². The van der Waals surface area contributed by atoms with Gasteiger partial charge in [-0.25, -0.2) is 0 Å². The smallest absolute Gasteiger partial charge is 0.254 e. The van der Waals surface area contributed by atoms with Gasteiger partial charge in [0.25, 0.3) is 5.91 Å². The van der Waals surface area contributed by atoms with Crippen LogP contribution >= 0.6 is 15.9 Å². The lowest BCUT2D eigenvalue weighted by Gasteiger charge is -2.27. The molecule has 0 aliphatic carbocycles. The number of ether oxygens (including phenoxy) is 1. The van der Waals surface area contributed by atoms with E-state index in [2.05, 4.69) is 26.6 Å². The zero-order chi connectivity index (χ0) is 18.4. The second kappa shape index (κ2) is 8.82. The van der Waals surface area contributed by atoms with Gasteiger partial charge in [0.15, 0.2) is 0 Å². The molecule has 0 unspecified atom stereocenters. The molecule has 0 bridgehead atoms. The molecule has 1 aliphatic heterocycles. The standard InChI is InChI=1S/C19H20BrN3O3/c20-15-4-6-16(7-5-15)21-13-18(24)22-17-3-1-2-14(12-17)19(25)23-8-10-26-11-9-23/h1-7,12,21H,8-11,13H2,(H,22,24). The molecule has 26 heavy (non-hydrogen) atoms. The van der Waals surface area contributed by atoms with Gasteiger partial charge in [0, 0.05) is 34.5 Å². The van der Waals surface area contributed by atoms with E-state index in [1.807, 2.05) is 24.3 Å². The summed E-state index contributed by atoms with van der Waals surface area (Å²) in [6.45, 7) is 2.44. The van der Waals surface area contributed by atoms with Crippen LogP contribution < -0.4 is 10.6 Å². The SMILES string of the molecule is O=C(CNc1ccc(Br)cc1)Nc1cccc(C(=O)N2CCOCC2)c1. The van der Waals surface area contributed by atoms with E-state index < -0.39 is 0 Å². The number of halogens is 1. The van der Waals surface area contributed by atoms with Crippen LogP contribution in [0.2, 0.25) is 0 Å². The molecule has 0 spiro atoms. The first-order valence-electron chi connectivity index (χ1n) is 8.38. The molecule has 7 heteroatoms. The number of nitrogens with zero attached hydrogens (tertiary/aromatic N) is 1. The summed E-state index contributed by atoms with van der Waals surface area (Å²) in [5, 5.41) is 5.87. The maximum Gasteiger partial charge on any atom is 0.254 e. The number of morpholine rings is 1. The molecule has 2 amide bonds. The van der Waals surface area contributed by atoms with Crippen molar-refractivity contribution in [2.24, 2.45) is 0 Å². The van der Waals surface area contributed by atoms with Crippen LogP contribution in [-0.2, 0) is 9.53 Å². The molecule has 2 N–H and O–H groups in total. The van der Waals surface area contributed by atoms with E-state index in [1.165, 1.54) is 0 Å². The van der Waals surface area contributed by atoms with Crippen LogP contribution in [0.4, 0.5) is 11.4 Å². The highest BCUT2D eigenvalue weighted by atomic mass is 79.9. The Labute approximate surface area is 160 Å². The number of rotatable bonds is 5. The summed E-state index contributed by atoms with van der Waals surface area (Å²) in [5.74, 6) is -0.221. The summed E-state index contributed by atoms with van der Waals surface area (Å²) in [6.07, 6.45) is 0. The fraction of sp³-hybridized carbons (Fsp3) is 0.263. The van der Waals surface area contributed by atoms with Crippen molar-refractivity contribution < 1.29 is 14.3 Å². The average molecular weight is 418 g/mol. The molecule has 0 radical (unpaired) electrons. The number of amides is 2. The summed E-state index contributed by atoms with van der Waals surface area (Å²) < 4.78 is 6.25. The van der Waals surface area contributed by atoms with Crippen molar-refractivity contribution in [1.82, 2.24) is 4.90 Å². The number of carbonyl (C=O) groups excluding carboxylic acids is 2. The zero-order valence-electron chi connectivity index (χ0n) is 14.2. The molecule has 6 nitrogen and oxygen atoms in total. The van der Waals surface area contributed by atoms with E-state index in [1.54, 1.807) is 29.2 Å². The number of anilines is 2. The van der Waals surface area contributed by atoms with Crippen molar-refractivity contribution in [2.75, 3.05) is 43.5 Å². The van der Waals surface area contributed by atoms with E-state index in [-0.39, 0.29) is 18.4 Å². The van der Waals surface area contributed by atoms with Crippen molar-refractivity contribution in [3.05, 3.63) is 58.6 Å². The first-order valence-corrected chi connectivity index (χ1v) is 9.17. The summed E-state index contributed by atoms with van der Waals surface area (Å²) in [7, 11) is 0. The number of hydrogen-bond donors (Lipinski definition) is 2. The maximum atomic E-state index is 12.5. The highest BCUT2D eigenvalue weighted by molar-refractivity contribution is 9.10. The summed E-state index contributed by atoms with van der Waals surface area (Å²) in [5.41, 5.74) is 2.02. The Bertz CT molecular complexity index is 774. The molecule has 1 heterocycles. The fourth-order valence-electron chi connectivity index (χ4n) is 2.63. The second-order valence-corrected chi connectivity index (χ2v) is 6.81. The van der Waals surface area contributed by atoms with Gasteiger partial charge in [0.2, 0.25) is 5.91 Å². The lowest BCUT2D eigenvalue weighted by atomic mass is 10.1. The third-order valence-electron chi connectivity index (χ3n) is 3.99. The van der Waals surface area contributed by atoms with E-state index in [0.717, 1.165) is 10.2 Å². The summed E-state index contributed by atoms with van der Waals surface area (Å²) in [4.78, 5) is 26.4. The van der Waals surface area contributed by atoms with E-state index in [0.29, 0.717) is 37.6 Å². The van der Waals surface area contributed by atoms with Crippen LogP contribution in [-0.4, -0.2) is 49.6 Å². The molecular formula is C19H20BrN3O3.